The molecule has 0 spiro atoms. The maximum absolute atomic E-state index is 12.6. The third kappa shape index (κ3) is 9.41. The first-order valence-corrected chi connectivity index (χ1v) is 9.85. The van der Waals surface area contributed by atoms with E-state index >= 15 is 0 Å². The first-order chi connectivity index (χ1) is 13.8. The summed E-state index contributed by atoms with van der Waals surface area (Å²) in [7, 11) is 0. The van der Waals surface area contributed by atoms with Gasteiger partial charge in [0.15, 0.2) is 0 Å². The molecule has 0 fully saturated rings. The van der Waals surface area contributed by atoms with E-state index < -0.39 is 72.3 Å². The van der Waals surface area contributed by atoms with E-state index in [0.29, 0.717) is 0 Å². The van der Waals surface area contributed by atoms with Crippen molar-refractivity contribution in [1.29, 1.82) is 0 Å². The van der Waals surface area contributed by atoms with Gasteiger partial charge in [0, 0.05) is 12.2 Å². The molecular weight excluding hydrogens is 420 g/mol. The van der Waals surface area contributed by atoms with Crippen molar-refractivity contribution in [3.63, 3.8) is 0 Å². The lowest BCUT2D eigenvalue weighted by Gasteiger charge is -2.27. The van der Waals surface area contributed by atoms with Crippen LogP contribution in [0.5, 0.6) is 0 Å². The molecule has 0 saturated carbocycles. The molecular formula is C17H30N4O8S. The number of nitrogens with one attached hydrogen (secondary N) is 3. The number of thiol groups is 1. The van der Waals surface area contributed by atoms with E-state index in [4.69, 9.17) is 10.8 Å². The average Bonchev–Trinajstić information content (AvgIpc) is 2.64. The van der Waals surface area contributed by atoms with Crippen LogP contribution in [0.25, 0.3) is 0 Å². The van der Waals surface area contributed by atoms with Crippen molar-refractivity contribution in [3.05, 3.63) is 0 Å². The summed E-state index contributed by atoms with van der Waals surface area (Å²) in [6.07, 6.45) is -2.18. The van der Waals surface area contributed by atoms with Crippen molar-refractivity contribution in [2.75, 3.05) is 5.75 Å². The smallest absolute Gasteiger partial charge is 0.326 e. The fourth-order valence-electron chi connectivity index (χ4n) is 2.31. The van der Waals surface area contributed by atoms with E-state index in [1.165, 1.54) is 6.92 Å². The Labute approximate surface area is 179 Å². The van der Waals surface area contributed by atoms with Crippen molar-refractivity contribution in [2.45, 2.75) is 63.9 Å². The molecule has 0 saturated heterocycles. The first kappa shape index (κ1) is 27.6. The van der Waals surface area contributed by atoms with Gasteiger partial charge in [0.25, 0.3) is 0 Å². The largest absolute Gasteiger partial charge is 0.481 e. The van der Waals surface area contributed by atoms with Crippen LogP contribution < -0.4 is 21.7 Å². The third-order valence-electron chi connectivity index (χ3n) is 4.11. The van der Waals surface area contributed by atoms with E-state index in [-0.39, 0.29) is 12.2 Å². The number of aliphatic hydroxyl groups is 1. The molecule has 0 aromatic rings. The van der Waals surface area contributed by atoms with E-state index in [0.717, 1.165) is 0 Å². The molecule has 0 bridgehead atoms. The second-order valence-electron chi connectivity index (χ2n) is 7.08. The molecule has 12 nitrogen and oxygen atoms in total. The fraction of sp³-hybridized carbons (Fsp3) is 0.706. The number of aliphatic carboxylic acids is 2. The molecule has 3 amide bonds. The Hall–Kier alpha value is -2.38. The summed E-state index contributed by atoms with van der Waals surface area (Å²) >= 11 is 3.87. The Morgan fingerprint density at radius 1 is 0.900 bits per heavy atom. The Bertz CT molecular complexity index is 643. The SMILES string of the molecule is CC(C)C(NC(=O)C(NC(=O)C(CCC(=O)O)NC(=O)C(N)CS)C(C)O)C(=O)O. The molecule has 0 radical (unpaired) electrons. The molecule has 5 atom stereocenters. The van der Waals surface area contributed by atoms with Crippen LogP contribution in [0.1, 0.15) is 33.6 Å². The Morgan fingerprint density at radius 3 is 1.83 bits per heavy atom. The van der Waals surface area contributed by atoms with Crippen LogP contribution in [-0.4, -0.2) is 81.0 Å². The van der Waals surface area contributed by atoms with Gasteiger partial charge in [0.1, 0.15) is 18.1 Å². The maximum atomic E-state index is 12.6. The van der Waals surface area contributed by atoms with Crippen LogP contribution in [0, 0.1) is 5.92 Å². The van der Waals surface area contributed by atoms with Gasteiger partial charge in [-0.15, -0.1) is 0 Å². The van der Waals surface area contributed by atoms with Gasteiger partial charge in [-0.05, 0) is 19.3 Å². The van der Waals surface area contributed by atoms with Gasteiger partial charge in [0.2, 0.25) is 17.7 Å². The van der Waals surface area contributed by atoms with Gasteiger partial charge in [-0.2, -0.15) is 12.6 Å². The Morgan fingerprint density at radius 2 is 1.43 bits per heavy atom. The zero-order chi connectivity index (χ0) is 23.6. The number of hydrogen-bond acceptors (Lipinski definition) is 8. The third-order valence-corrected chi connectivity index (χ3v) is 4.50. The minimum absolute atomic E-state index is 0.0242. The standard InChI is InChI=1S/C17H30N4O8S/c1-7(2)12(17(28)29)20-16(27)13(8(3)22)21-15(26)10(4-5-11(23)24)19-14(25)9(18)6-30/h7-10,12-13,22,30H,4-6,18H2,1-3H3,(H,19,25)(H,20,27)(H,21,26)(H,23,24)(H,28,29). The highest BCUT2D eigenvalue weighted by molar-refractivity contribution is 7.80. The van der Waals surface area contributed by atoms with Crippen LogP contribution in [0.2, 0.25) is 0 Å². The number of carboxylic acids is 2. The summed E-state index contributed by atoms with van der Waals surface area (Å²) in [6, 6.07) is -5.20. The topological polar surface area (TPSA) is 208 Å². The molecule has 0 heterocycles. The van der Waals surface area contributed by atoms with Crippen molar-refractivity contribution < 1.29 is 39.3 Å². The normalized spacial score (nSPS) is 16.0. The highest BCUT2D eigenvalue weighted by Crippen LogP contribution is 2.05. The van der Waals surface area contributed by atoms with E-state index in [1.54, 1.807) is 13.8 Å². The molecule has 0 aliphatic heterocycles. The molecule has 30 heavy (non-hydrogen) atoms. The first-order valence-electron chi connectivity index (χ1n) is 9.22. The quantitative estimate of drug-likeness (QED) is 0.141. The lowest BCUT2D eigenvalue weighted by atomic mass is 10.0. The lowest BCUT2D eigenvalue weighted by Crippen LogP contribution is -2.60. The summed E-state index contributed by atoms with van der Waals surface area (Å²) in [5, 5.41) is 34.7. The molecule has 0 aliphatic carbocycles. The van der Waals surface area contributed by atoms with Crippen molar-refractivity contribution in [3.8, 4) is 0 Å². The van der Waals surface area contributed by atoms with Crippen LogP contribution >= 0.6 is 12.6 Å². The maximum Gasteiger partial charge on any atom is 0.326 e. The fourth-order valence-corrected chi connectivity index (χ4v) is 2.48. The summed E-state index contributed by atoms with van der Waals surface area (Å²) in [5.41, 5.74) is 5.53. The number of rotatable bonds is 13. The molecule has 8 N–H and O–H groups in total. The highest BCUT2D eigenvalue weighted by Gasteiger charge is 2.33. The van der Waals surface area contributed by atoms with Crippen LogP contribution in [-0.2, 0) is 24.0 Å². The Balaban J connectivity index is 5.43. The van der Waals surface area contributed by atoms with Gasteiger partial charge in [-0.3, -0.25) is 19.2 Å². The number of aliphatic hydroxyl groups excluding tert-OH is 1. The van der Waals surface area contributed by atoms with Gasteiger partial charge in [-0.1, -0.05) is 13.8 Å². The van der Waals surface area contributed by atoms with Crippen molar-refractivity contribution >= 4 is 42.3 Å². The van der Waals surface area contributed by atoms with Crippen molar-refractivity contribution in [2.24, 2.45) is 11.7 Å². The predicted octanol–water partition coefficient (Wildman–Crippen LogP) is -2.32. The molecule has 0 rings (SSSR count). The lowest BCUT2D eigenvalue weighted by molar-refractivity contribution is -0.144. The van der Waals surface area contributed by atoms with Gasteiger partial charge in [-0.25, -0.2) is 4.79 Å². The minimum Gasteiger partial charge on any atom is -0.481 e. The number of carbonyl (C=O) groups is 5. The molecule has 0 aliphatic rings. The predicted molar refractivity (Wildman–Crippen MR) is 109 cm³/mol. The molecule has 172 valence electrons. The van der Waals surface area contributed by atoms with Crippen LogP contribution in [0.4, 0.5) is 0 Å². The number of nitrogens with two attached hydrogens (primary N) is 1. The summed E-state index contributed by atoms with van der Waals surface area (Å²) < 4.78 is 0. The summed E-state index contributed by atoms with van der Waals surface area (Å²) in [6.45, 7) is 4.34. The number of carboxylic acid groups (broad SMARTS) is 2. The monoisotopic (exact) mass is 450 g/mol. The molecule has 0 aromatic heterocycles. The zero-order valence-corrected chi connectivity index (χ0v) is 17.9. The van der Waals surface area contributed by atoms with E-state index in [1.807, 2.05) is 0 Å². The number of amides is 3. The zero-order valence-electron chi connectivity index (χ0n) is 17.0. The van der Waals surface area contributed by atoms with Crippen LogP contribution in [0.3, 0.4) is 0 Å². The molecule has 0 aromatic carbocycles. The highest BCUT2D eigenvalue weighted by atomic mass is 32.1. The second-order valence-corrected chi connectivity index (χ2v) is 7.44. The average molecular weight is 451 g/mol. The van der Waals surface area contributed by atoms with Gasteiger partial charge >= 0.3 is 11.9 Å². The molecule has 13 heteroatoms. The van der Waals surface area contributed by atoms with Crippen LogP contribution in [0.15, 0.2) is 0 Å². The Kier molecular flexibility index (Phi) is 12.0. The second kappa shape index (κ2) is 13.0. The van der Waals surface area contributed by atoms with E-state index in [9.17, 15) is 34.2 Å². The molecule has 5 unspecified atom stereocenters. The van der Waals surface area contributed by atoms with E-state index in [2.05, 4.69) is 28.6 Å². The summed E-state index contributed by atoms with van der Waals surface area (Å²) in [5.74, 6) is -5.64. The van der Waals surface area contributed by atoms with Crippen molar-refractivity contribution in [1.82, 2.24) is 16.0 Å². The van der Waals surface area contributed by atoms with Gasteiger partial charge in [0.05, 0.1) is 12.1 Å². The minimum atomic E-state index is -1.54. The number of hydrogen-bond donors (Lipinski definition) is 8. The number of carbonyl (C=O) groups excluding carboxylic acids is 3. The van der Waals surface area contributed by atoms with Gasteiger partial charge < -0.3 is 37.0 Å². The summed E-state index contributed by atoms with van der Waals surface area (Å²) in [4.78, 5) is 59.1.